The fourth-order valence-electron chi connectivity index (χ4n) is 3.09. The molecule has 25 heavy (non-hydrogen) atoms. The van der Waals surface area contributed by atoms with Crippen molar-refractivity contribution in [2.24, 2.45) is 0 Å². The van der Waals surface area contributed by atoms with Crippen LogP contribution in [-0.2, 0) is 19.1 Å². The monoisotopic (exact) mass is 345 g/mol. The topological polar surface area (TPSA) is 64.6 Å². The number of rotatable bonds is 7. The number of anilines is 1. The molecule has 1 aromatic rings. The van der Waals surface area contributed by atoms with Crippen LogP contribution in [0.25, 0.3) is 0 Å². The van der Waals surface area contributed by atoms with Crippen LogP contribution in [-0.4, -0.2) is 25.2 Å². The SMILES string of the molecule is CCOC(=O)C(=CNc1cccc(C2CCCCC2)c1)C(=O)OCC. The Hall–Kier alpha value is -2.30. The number of carbonyl (C=O) groups excluding carboxylic acids is 2. The second kappa shape index (κ2) is 9.87. The zero-order valence-corrected chi connectivity index (χ0v) is 15.0. The molecule has 2 rings (SSSR count). The van der Waals surface area contributed by atoms with Gasteiger partial charge in [-0.15, -0.1) is 0 Å². The minimum absolute atomic E-state index is 0.133. The molecule has 0 amide bonds. The Kier molecular flexibility index (Phi) is 7.51. The molecule has 0 bridgehead atoms. The lowest BCUT2D eigenvalue weighted by Gasteiger charge is -2.22. The van der Waals surface area contributed by atoms with Crippen LogP contribution in [0, 0.1) is 0 Å². The van der Waals surface area contributed by atoms with Crippen molar-refractivity contribution in [1.29, 1.82) is 0 Å². The number of hydrogen-bond acceptors (Lipinski definition) is 5. The maximum atomic E-state index is 12.0. The number of benzene rings is 1. The predicted molar refractivity (Wildman–Crippen MR) is 97.2 cm³/mol. The van der Waals surface area contributed by atoms with Gasteiger partial charge in [-0.1, -0.05) is 31.4 Å². The molecule has 136 valence electrons. The van der Waals surface area contributed by atoms with E-state index < -0.39 is 11.9 Å². The Morgan fingerprint density at radius 2 is 1.72 bits per heavy atom. The average Bonchev–Trinajstić information content (AvgIpc) is 2.63. The molecule has 1 saturated carbocycles. The van der Waals surface area contributed by atoms with Gasteiger partial charge in [0.25, 0.3) is 0 Å². The molecule has 5 nitrogen and oxygen atoms in total. The fraction of sp³-hybridized carbons (Fsp3) is 0.500. The largest absolute Gasteiger partial charge is 0.462 e. The Morgan fingerprint density at radius 3 is 2.32 bits per heavy atom. The van der Waals surface area contributed by atoms with Crippen molar-refractivity contribution in [2.45, 2.75) is 51.9 Å². The molecule has 0 spiro atoms. The summed E-state index contributed by atoms with van der Waals surface area (Å²) >= 11 is 0. The highest BCUT2D eigenvalue weighted by Crippen LogP contribution is 2.33. The normalized spacial score (nSPS) is 14.5. The molecule has 0 heterocycles. The summed E-state index contributed by atoms with van der Waals surface area (Å²) in [6, 6.07) is 8.13. The second-order valence-electron chi connectivity index (χ2n) is 6.10. The summed E-state index contributed by atoms with van der Waals surface area (Å²) < 4.78 is 9.86. The van der Waals surface area contributed by atoms with Gasteiger partial charge in [-0.3, -0.25) is 0 Å². The predicted octanol–water partition coefficient (Wildman–Crippen LogP) is 4.16. The number of esters is 2. The molecule has 0 radical (unpaired) electrons. The van der Waals surface area contributed by atoms with E-state index in [9.17, 15) is 9.59 Å². The van der Waals surface area contributed by atoms with Gasteiger partial charge in [0.1, 0.15) is 0 Å². The Bertz CT molecular complexity index is 598. The standard InChI is InChI=1S/C20H27NO4/c1-3-24-19(22)18(20(23)25-4-2)14-21-17-12-8-11-16(13-17)15-9-6-5-7-10-15/h8,11-15,21H,3-7,9-10H2,1-2H3. The van der Waals surface area contributed by atoms with Crippen molar-refractivity contribution in [3.05, 3.63) is 41.6 Å². The molecule has 0 atom stereocenters. The van der Waals surface area contributed by atoms with Crippen molar-refractivity contribution in [2.75, 3.05) is 18.5 Å². The van der Waals surface area contributed by atoms with Crippen LogP contribution in [0.2, 0.25) is 0 Å². The van der Waals surface area contributed by atoms with E-state index in [2.05, 4.69) is 17.4 Å². The van der Waals surface area contributed by atoms with Gasteiger partial charge in [0.05, 0.1) is 13.2 Å². The summed E-state index contributed by atoms with van der Waals surface area (Å²) in [6.07, 6.45) is 7.68. The highest BCUT2D eigenvalue weighted by molar-refractivity contribution is 6.14. The van der Waals surface area contributed by atoms with Crippen molar-refractivity contribution in [3.63, 3.8) is 0 Å². The van der Waals surface area contributed by atoms with E-state index in [0.29, 0.717) is 5.92 Å². The van der Waals surface area contributed by atoms with E-state index >= 15 is 0 Å². The molecule has 1 aromatic carbocycles. The van der Waals surface area contributed by atoms with Crippen molar-refractivity contribution in [1.82, 2.24) is 0 Å². The maximum Gasteiger partial charge on any atom is 0.347 e. The van der Waals surface area contributed by atoms with Gasteiger partial charge >= 0.3 is 11.9 Å². The van der Waals surface area contributed by atoms with Gasteiger partial charge < -0.3 is 14.8 Å². The summed E-state index contributed by atoms with van der Waals surface area (Å²) in [7, 11) is 0. The Labute approximate surface area is 149 Å². The third kappa shape index (κ3) is 5.62. The highest BCUT2D eigenvalue weighted by atomic mass is 16.6. The molecule has 0 aliphatic heterocycles. The van der Waals surface area contributed by atoms with Gasteiger partial charge in [0.15, 0.2) is 5.57 Å². The van der Waals surface area contributed by atoms with Crippen molar-refractivity contribution >= 4 is 17.6 Å². The second-order valence-corrected chi connectivity index (χ2v) is 6.10. The Morgan fingerprint density at radius 1 is 1.08 bits per heavy atom. The first-order valence-corrected chi connectivity index (χ1v) is 9.06. The lowest BCUT2D eigenvalue weighted by Crippen LogP contribution is -2.19. The van der Waals surface area contributed by atoms with Crippen molar-refractivity contribution < 1.29 is 19.1 Å². The van der Waals surface area contributed by atoms with Crippen LogP contribution in [0.1, 0.15) is 57.4 Å². The number of nitrogens with one attached hydrogen (secondary N) is 1. The lowest BCUT2D eigenvalue weighted by molar-refractivity contribution is -0.146. The number of carbonyl (C=O) groups is 2. The summed E-state index contributed by atoms with van der Waals surface area (Å²) in [6.45, 7) is 3.79. The van der Waals surface area contributed by atoms with Gasteiger partial charge in [-0.2, -0.15) is 0 Å². The molecule has 1 aliphatic carbocycles. The molecular formula is C20H27NO4. The molecule has 0 saturated heterocycles. The summed E-state index contributed by atoms with van der Waals surface area (Å²) in [5.41, 5.74) is 2.01. The van der Waals surface area contributed by atoms with Crippen LogP contribution in [0.5, 0.6) is 0 Å². The smallest absolute Gasteiger partial charge is 0.347 e. The quantitative estimate of drug-likeness (QED) is 0.348. The third-order valence-electron chi connectivity index (χ3n) is 4.34. The van der Waals surface area contributed by atoms with E-state index in [1.54, 1.807) is 13.8 Å². The minimum Gasteiger partial charge on any atom is -0.462 e. The van der Waals surface area contributed by atoms with Crippen LogP contribution in [0.4, 0.5) is 5.69 Å². The van der Waals surface area contributed by atoms with Gasteiger partial charge in [0.2, 0.25) is 0 Å². The highest BCUT2D eigenvalue weighted by Gasteiger charge is 2.21. The molecule has 1 fully saturated rings. The van der Waals surface area contributed by atoms with Crippen LogP contribution in [0.3, 0.4) is 0 Å². The summed E-state index contributed by atoms with van der Waals surface area (Å²) in [5, 5.41) is 3.04. The maximum absolute atomic E-state index is 12.0. The first-order chi connectivity index (χ1) is 12.2. The molecule has 0 unspecified atom stereocenters. The first-order valence-electron chi connectivity index (χ1n) is 9.06. The minimum atomic E-state index is -0.683. The summed E-state index contributed by atoms with van der Waals surface area (Å²) in [5.74, 6) is -0.775. The molecule has 1 aliphatic rings. The zero-order chi connectivity index (χ0) is 18.1. The van der Waals surface area contributed by atoms with Crippen LogP contribution < -0.4 is 5.32 Å². The average molecular weight is 345 g/mol. The lowest BCUT2D eigenvalue weighted by atomic mass is 9.84. The number of ether oxygens (including phenoxy) is 2. The van der Waals surface area contributed by atoms with Gasteiger partial charge in [-0.05, 0) is 50.3 Å². The van der Waals surface area contributed by atoms with Gasteiger partial charge in [-0.25, -0.2) is 9.59 Å². The molecule has 0 aromatic heterocycles. The summed E-state index contributed by atoms with van der Waals surface area (Å²) in [4.78, 5) is 23.9. The van der Waals surface area contributed by atoms with E-state index in [1.807, 2.05) is 12.1 Å². The fourth-order valence-corrected chi connectivity index (χ4v) is 3.09. The zero-order valence-electron chi connectivity index (χ0n) is 15.0. The number of hydrogen-bond donors (Lipinski definition) is 1. The molecule has 5 heteroatoms. The van der Waals surface area contributed by atoms with E-state index in [4.69, 9.17) is 9.47 Å². The molecular weight excluding hydrogens is 318 g/mol. The van der Waals surface area contributed by atoms with E-state index in [0.717, 1.165) is 5.69 Å². The van der Waals surface area contributed by atoms with Crippen molar-refractivity contribution in [3.8, 4) is 0 Å². The van der Waals surface area contributed by atoms with Crippen LogP contribution >= 0.6 is 0 Å². The van der Waals surface area contributed by atoms with E-state index in [-0.39, 0.29) is 18.8 Å². The third-order valence-corrected chi connectivity index (χ3v) is 4.34. The molecule has 1 N–H and O–H groups in total. The first kappa shape index (κ1) is 19.0. The van der Waals surface area contributed by atoms with E-state index in [1.165, 1.54) is 43.9 Å². The Balaban J connectivity index is 2.13. The van der Waals surface area contributed by atoms with Crippen LogP contribution in [0.15, 0.2) is 36.0 Å². The van der Waals surface area contributed by atoms with Gasteiger partial charge in [0, 0.05) is 11.9 Å².